The van der Waals surface area contributed by atoms with E-state index >= 15 is 0 Å². The van der Waals surface area contributed by atoms with E-state index in [0.29, 0.717) is 18.0 Å². The summed E-state index contributed by atoms with van der Waals surface area (Å²) in [6, 6.07) is 11.4. The first kappa shape index (κ1) is 14.4. The van der Waals surface area contributed by atoms with Gasteiger partial charge in [-0.05, 0) is 29.1 Å². The Morgan fingerprint density at radius 3 is 2.45 bits per heavy atom. The van der Waals surface area contributed by atoms with Gasteiger partial charge in [0.25, 0.3) is 0 Å². The summed E-state index contributed by atoms with van der Waals surface area (Å²) in [5.41, 5.74) is 0.834. The minimum absolute atomic E-state index is 0.402. The van der Waals surface area contributed by atoms with Gasteiger partial charge in [0.2, 0.25) is 0 Å². The Bertz CT molecular complexity index is 568. The third kappa shape index (κ3) is 3.50. The summed E-state index contributed by atoms with van der Waals surface area (Å²) in [4.78, 5) is 1.19. The van der Waals surface area contributed by atoms with Crippen LogP contribution < -0.4 is 14.8 Å². The summed E-state index contributed by atoms with van der Waals surface area (Å²) in [5.74, 6) is 1.36. The maximum Gasteiger partial charge on any atom is 0.122 e. The highest BCUT2D eigenvalue weighted by molar-refractivity contribution is 7.09. The normalized spacial score (nSPS) is 11.7. The van der Waals surface area contributed by atoms with E-state index in [-0.39, 0.29) is 0 Å². The van der Waals surface area contributed by atoms with Gasteiger partial charge >= 0.3 is 0 Å². The molecule has 0 saturated carbocycles. The quantitative estimate of drug-likeness (QED) is 0.887. The second-order valence-corrected chi connectivity index (χ2v) is 5.20. The molecular weight excluding hydrogens is 272 g/mol. The van der Waals surface area contributed by atoms with Crippen molar-refractivity contribution in [2.24, 2.45) is 0 Å². The second kappa shape index (κ2) is 6.94. The largest absolute Gasteiger partial charge is 0.497 e. The molecule has 2 rings (SSSR count). The molecule has 1 aromatic carbocycles. The highest BCUT2D eigenvalue weighted by Crippen LogP contribution is 2.26. The van der Waals surface area contributed by atoms with Crippen molar-refractivity contribution < 1.29 is 9.47 Å². The molecular formula is C15H16N2O2S. The van der Waals surface area contributed by atoms with Gasteiger partial charge in [0.1, 0.15) is 17.5 Å². The molecule has 1 atom stereocenters. The molecule has 0 aliphatic carbocycles. The van der Waals surface area contributed by atoms with E-state index in [0.717, 1.165) is 5.56 Å². The molecule has 104 valence electrons. The molecule has 1 unspecified atom stereocenters. The first-order chi connectivity index (χ1) is 9.76. The number of nitriles is 1. The minimum Gasteiger partial charge on any atom is -0.497 e. The van der Waals surface area contributed by atoms with Crippen LogP contribution in [0.1, 0.15) is 16.5 Å². The zero-order valence-corrected chi connectivity index (χ0v) is 12.2. The lowest BCUT2D eigenvalue weighted by Crippen LogP contribution is -2.19. The molecule has 1 N–H and O–H groups in total. The number of methoxy groups -OCH3 is 2. The number of nitrogens with zero attached hydrogens (tertiary/aromatic N) is 1. The van der Waals surface area contributed by atoms with E-state index in [1.165, 1.54) is 4.88 Å². The van der Waals surface area contributed by atoms with Crippen LogP contribution in [0.2, 0.25) is 0 Å². The summed E-state index contributed by atoms with van der Waals surface area (Å²) in [5, 5.41) is 14.6. The van der Waals surface area contributed by atoms with Crippen LogP contribution >= 0.6 is 11.3 Å². The maximum absolute atomic E-state index is 9.34. The Morgan fingerprint density at radius 2 is 1.95 bits per heavy atom. The van der Waals surface area contributed by atoms with Crippen molar-refractivity contribution in [1.29, 1.82) is 5.26 Å². The van der Waals surface area contributed by atoms with Crippen molar-refractivity contribution >= 4 is 11.3 Å². The van der Waals surface area contributed by atoms with Crippen molar-refractivity contribution in [2.75, 3.05) is 14.2 Å². The highest BCUT2D eigenvalue weighted by Gasteiger charge is 2.13. The van der Waals surface area contributed by atoms with E-state index in [2.05, 4.69) is 11.4 Å². The van der Waals surface area contributed by atoms with Gasteiger partial charge in [0.15, 0.2) is 0 Å². The smallest absolute Gasteiger partial charge is 0.122 e. The maximum atomic E-state index is 9.34. The van der Waals surface area contributed by atoms with Gasteiger partial charge in [0, 0.05) is 17.5 Å². The molecule has 0 bridgehead atoms. The van der Waals surface area contributed by atoms with Gasteiger partial charge < -0.3 is 9.47 Å². The van der Waals surface area contributed by atoms with Crippen LogP contribution in [0.15, 0.2) is 35.7 Å². The monoisotopic (exact) mass is 288 g/mol. The van der Waals surface area contributed by atoms with Crippen molar-refractivity contribution in [3.63, 3.8) is 0 Å². The molecule has 20 heavy (non-hydrogen) atoms. The molecule has 1 aromatic heterocycles. The van der Waals surface area contributed by atoms with Gasteiger partial charge in [0.05, 0.1) is 20.3 Å². The van der Waals surface area contributed by atoms with E-state index < -0.39 is 6.04 Å². The van der Waals surface area contributed by atoms with E-state index in [9.17, 15) is 5.26 Å². The number of nitrogens with one attached hydrogen (secondary N) is 1. The molecule has 4 nitrogen and oxygen atoms in total. The zero-order chi connectivity index (χ0) is 14.4. The average Bonchev–Trinajstić information content (AvgIpc) is 3.00. The summed E-state index contributed by atoms with van der Waals surface area (Å²) >= 11 is 1.66. The molecule has 5 heteroatoms. The molecule has 0 spiro atoms. The number of hydrogen-bond donors (Lipinski definition) is 1. The van der Waals surface area contributed by atoms with Crippen LogP contribution in [0.3, 0.4) is 0 Å². The van der Waals surface area contributed by atoms with Crippen molar-refractivity contribution in [1.82, 2.24) is 5.32 Å². The molecule has 0 aliphatic rings. The number of hydrogen-bond acceptors (Lipinski definition) is 5. The molecule has 2 aromatic rings. The van der Waals surface area contributed by atoms with E-state index in [4.69, 9.17) is 9.47 Å². The SMILES string of the molecule is COc1cc(OC)cc(C(C#N)NCc2cccs2)c1. The van der Waals surface area contributed by atoms with Crippen LogP contribution in [-0.2, 0) is 6.54 Å². The van der Waals surface area contributed by atoms with Gasteiger partial charge in [-0.3, -0.25) is 5.32 Å². The Balaban J connectivity index is 2.16. The van der Waals surface area contributed by atoms with Gasteiger partial charge in [-0.1, -0.05) is 6.07 Å². The minimum atomic E-state index is -0.402. The van der Waals surface area contributed by atoms with Crippen LogP contribution in [-0.4, -0.2) is 14.2 Å². The fraction of sp³-hybridized carbons (Fsp3) is 0.267. The van der Waals surface area contributed by atoms with Crippen LogP contribution in [0, 0.1) is 11.3 Å². The van der Waals surface area contributed by atoms with Crippen LogP contribution in [0.4, 0.5) is 0 Å². The lowest BCUT2D eigenvalue weighted by Gasteiger charge is -2.14. The summed E-state index contributed by atoms with van der Waals surface area (Å²) < 4.78 is 10.5. The average molecular weight is 288 g/mol. The van der Waals surface area contributed by atoms with E-state index in [1.807, 2.05) is 29.6 Å². The molecule has 1 heterocycles. The standard InChI is InChI=1S/C15H16N2O2S/c1-18-12-6-11(7-13(8-12)19-2)15(9-16)17-10-14-4-3-5-20-14/h3-8,15,17H,10H2,1-2H3. The second-order valence-electron chi connectivity index (χ2n) is 4.17. The summed E-state index contributed by atoms with van der Waals surface area (Å²) in [6.45, 7) is 0.662. The van der Waals surface area contributed by atoms with Gasteiger partial charge in [-0.2, -0.15) is 5.26 Å². The first-order valence-electron chi connectivity index (χ1n) is 6.15. The Morgan fingerprint density at radius 1 is 1.25 bits per heavy atom. The summed E-state index contributed by atoms with van der Waals surface area (Å²) in [6.07, 6.45) is 0. The number of rotatable bonds is 6. The number of ether oxygens (including phenoxy) is 2. The zero-order valence-electron chi connectivity index (χ0n) is 11.4. The molecule has 0 aliphatic heterocycles. The van der Waals surface area contributed by atoms with E-state index in [1.54, 1.807) is 31.6 Å². The highest BCUT2D eigenvalue weighted by atomic mass is 32.1. The Hall–Kier alpha value is -2.03. The molecule has 0 saturated heterocycles. The van der Waals surface area contributed by atoms with Crippen LogP contribution in [0.25, 0.3) is 0 Å². The molecule has 0 radical (unpaired) electrons. The topological polar surface area (TPSA) is 54.3 Å². The first-order valence-corrected chi connectivity index (χ1v) is 7.03. The lowest BCUT2D eigenvalue weighted by molar-refractivity contribution is 0.392. The van der Waals surface area contributed by atoms with Gasteiger partial charge in [-0.15, -0.1) is 11.3 Å². The van der Waals surface area contributed by atoms with Crippen molar-refractivity contribution in [3.05, 3.63) is 46.2 Å². The van der Waals surface area contributed by atoms with Crippen molar-refractivity contribution in [3.8, 4) is 17.6 Å². The summed E-state index contributed by atoms with van der Waals surface area (Å²) in [7, 11) is 3.19. The lowest BCUT2D eigenvalue weighted by atomic mass is 10.1. The Labute approximate surface area is 122 Å². The van der Waals surface area contributed by atoms with Gasteiger partial charge in [-0.25, -0.2) is 0 Å². The molecule has 0 fully saturated rings. The van der Waals surface area contributed by atoms with Crippen molar-refractivity contribution in [2.45, 2.75) is 12.6 Å². The number of thiophene rings is 1. The van der Waals surface area contributed by atoms with Crippen LogP contribution in [0.5, 0.6) is 11.5 Å². The predicted octanol–water partition coefficient (Wildman–Crippen LogP) is 3.12. The third-order valence-electron chi connectivity index (χ3n) is 2.90. The third-order valence-corrected chi connectivity index (χ3v) is 3.77. The molecule has 0 amide bonds. The fourth-order valence-electron chi connectivity index (χ4n) is 1.85. The predicted molar refractivity (Wildman–Crippen MR) is 79.1 cm³/mol. The fourth-order valence-corrected chi connectivity index (χ4v) is 2.51. The Kier molecular flexibility index (Phi) is 4.99. The number of benzene rings is 1.